The van der Waals surface area contributed by atoms with Crippen molar-refractivity contribution < 1.29 is 35.1 Å². The van der Waals surface area contributed by atoms with Gasteiger partial charge < -0.3 is 4.74 Å². The summed E-state index contributed by atoms with van der Waals surface area (Å²) in [5.74, 6) is -0.934. The van der Waals surface area contributed by atoms with E-state index in [4.69, 9.17) is 4.55 Å². The molecular formula is C9H18O8S2. The maximum Gasteiger partial charge on any atom is 0.336 e. The molecule has 0 aromatic carbocycles. The van der Waals surface area contributed by atoms with E-state index >= 15 is 0 Å². The van der Waals surface area contributed by atoms with E-state index in [9.17, 15) is 21.6 Å². The fourth-order valence-electron chi connectivity index (χ4n) is 1.24. The van der Waals surface area contributed by atoms with E-state index in [1.807, 2.05) is 0 Å². The average molecular weight is 318 g/mol. The van der Waals surface area contributed by atoms with Crippen LogP contribution in [0.2, 0.25) is 0 Å². The molecule has 0 saturated heterocycles. The minimum Gasteiger partial charge on any atom is -0.464 e. The second-order valence-electron chi connectivity index (χ2n) is 3.72. The standard InChI is InChI=1S/C9H18O8S2/c1-4-6-8(18(11,12)13)19(14,15)17-7(3)9(10)16-5-2/h7-8H,4-6H2,1-3H3,(H,11,12,13). The van der Waals surface area contributed by atoms with E-state index in [2.05, 4.69) is 8.92 Å². The third kappa shape index (κ3) is 5.85. The van der Waals surface area contributed by atoms with Crippen molar-refractivity contribution in [3.63, 3.8) is 0 Å². The van der Waals surface area contributed by atoms with E-state index in [0.717, 1.165) is 6.92 Å². The molecular weight excluding hydrogens is 300 g/mol. The van der Waals surface area contributed by atoms with Gasteiger partial charge >= 0.3 is 5.97 Å². The van der Waals surface area contributed by atoms with E-state index in [0.29, 0.717) is 0 Å². The number of hydrogen-bond donors (Lipinski definition) is 1. The topological polar surface area (TPSA) is 124 Å². The molecule has 10 heteroatoms. The number of hydrogen-bond acceptors (Lipinski definition) is 7. The fraction of sp³-hybridized carbons (Fsp3) is 0.889. The zero-order chi connectivity index (χ0) is 15.3. The zero-order valence-electron chi connectivity index (χ0n) is 10.9. The molecule has 0 spiro atoms. The molecule has 0 fully saturated rings. The first-order valence-corrected chi connectivity index (χ1v) is 8.58. The van der Waals surface area contributed by atoms with Crippen LogP contribution >= 0.6 is 0 Å². The van der Waals surface area contributed by atoms with Gasteiger partial charge in [0.05, 0.1) is 6.61 Å². The predicted molar refractivity (Wildman–Crippen MR) is 66.3 cm³/mol. The minimum atomic E-state index is -4.83. The number of ether oxygens (including phenoxy) is 1. The minimum absolute atomic E-state index is 0.0310. The summed E-state index contributed by atoms with van der Waals surface area (Å²) in [4.78, 5) is 11.2. The highest BCUT2D eigenvalue weighted by molar-refractivity contribution is 8.04. The molecule has 8 nitrogen and oxygen atoms in total. The predicted octanol–water partition coefficient (Wildman–Crippen LogP) is 0.298. The van der Waals surface area contributed by atoms with Crippen LogP contribution in [0.5, 0.6) is 0 Å². The van der Waals surface area contributed by atoms with Crippen LogP contribution < -0.4 is 0 Å². The molecule has 0 saturated carbocycles. The van der Waals surface area contributed by atoms with Gasteiger partial charge in [0, 0.05) is 0 Å². The van der Waals surface area contributed by atoms with Crippen molar-refractivity contribution in [1.29, 1.82) is 0 Å². The average Bonchev–Trinajstić information content (AvgIpc) is 2.23. The Morgan fingerprint density at radius 1 is 1.21 bits per heavy atom. The van der Waals surface area contributed by atoms with Crippen molar-refractivity contribution in [2.75, 3.05) is 6.61 Å². The van der Waals surface area contributed by atoms with Crippen molar-refractivity contribution >= 4 is 26.2 Å². The second-order valence-corrected chi connectivity index (χ2v) is 7.36. The van der Waals surface area contributed by atoms with Crippen LogP contribution in [0.15, 0.2) is 0 Å². The molecule has 1 N–H and O–H groups in total. The molecule has 114 valence electrons. The Labute approximate surface area is 113 Å². The van der Waals surface area contributed by atoms with E-state index in [1.54, 1.807) is 6.92 Å². The fourth-order valence-corrected chi connectivity index (χ4v) is 4.23. The van der Waals surface area contributed by atoms with Crippen LogP contribution in [0.3, 0.4) is 0 Å². The summed E-state index contributed by atoms with van der Waals surface area (Å²) in [5, 5.41) is 0. The molecule has 0 aromatic rings. The van der Waals surface area contributed by atoms with Gasteiger partial charge in [-0.15, -0.1) is 0 Å². The van der Waals surface area contributed by atoms with E-state index in [1.165, 1.54) is 6.92 Å². The highest BCUT2D eigenvalue weighted by atomic mass is 32.3. The van der Waals surface area contributed by atoms with Gasteiger partial charge in [-0.3, -0.25) is 8.74 Å². The second kappa shape index (κ2) is 7.17. The quantitative estimate of drug-likeness (QED) is 0.385. The highest BCUT2D eigenvalue weighted by Gasteiger charge is 2.39. The van der Waals surface area contributed by atoms with Gasteiger partial charge in [-0.05, 0) is 20.3 Å². The van der Waals surface area contributed by atoms with Crippen molar-refractivity contribution in [1.82, 2.24) is 0 Å². The summed E-state index contributed by atoms with van der Waals surface area (Å²) in [6.07, 6.45) is -1.62. The van der Waals surface area contributed by atoms with Gasteiger partial charge in [0.2, 0.25) is 4.58 Å². The maximum atomic E-state index is 11.7. The Balaban J connectivity index is 5.09. The molecule has 2 unspecified atom stereocenters. The van der Waals surface area contributed by atoms with Crippen LogP contribution in [0.25, 0.3) is 0 Å². The third-order valence-electron chi connectivity index (χ3n) is 2.08. The summed E-state index contributed by atoms with van der Waals surface area (Å²) < 4.78 is 61.3. The van der Waals surface area contributed by atoms with Crippen molar-refractivity contribution in [2.45, 2.75) is 44.3 Å². The van der Waals surface area contributed by atoms with Gasteiger partial charge in [0.15, 0.2) is 6.10 Å². The maximum absolute atomic E-state index is 11.7. The number of rotatable bonds is 8. The molecule has 0 bridgehead atoms. The Kier molecular flexibility index (Phi) is 6.91. The van der Waals surface area contributed by atoms with E-state index in [-0.39, 0.29) is 19.4 Å². The molecule has 0 heterocycles. The van der Waals surface area contributed by atoms with Crippen molar-refractivity contribution in [3.8, 4) is 0 Å². The van der Waals surface area contributed by atoms with Crippen LogP contribution in [0, 0.1) is 0 Å². The molecule has 2 atom stereocenters. The molecule has 0 aliphatic carbocycles. The smallest absolute Gasteiger partial charge is 0.336 e. The molecule has 0 aliphatic heterocycles. The molecule has 0 amide bonds. The molecule has 0 radical (unpaired) electrons. The Bertz CT molecular complexity index is 492. The first-order valence-electron chi connectivity index (χ1n) is 5.61. The monoisotopic (exact) mass is 318 g/mol. The summed E-state index contributed by atoms with van der Waals surface area (Å²) in [7, 11) is -9.48. The van der Waals surface area contributed by atoms with Crippen LogP contribution in [0.4, 0.5) is 0 Å². The van der Waals surface area contributed by atoms with Gasteiger partial charge in [-0.25, -0.2) is 4.79 Å². The van der Waals surface area contributed by atoms with Crippen LogP contribution in [-0.4, -0.2) is 44.7 Å². The molecule has 0 aliphatic rings. The van der Waals surface area contributed by atoms with Gasteiger partial charge in [0.25, 0.3) is 20.2 Å². The van der Waals surface area contributed by atoms with Crippen molar-refractivity contribution in [2.24, 2.45) is 0 Å². The Morgan fingerprint density at radius 2 is 1.74 bits per heavy atom. The first kappa shape index (κ1) is 18.3. The molecule has 0 rings (SSSR count). The lowest BCUT2D eigenvalue weighted by atomic mass is 10.4. The summed E-state index contributed by atoms with van der Waals surface area (Å²) in [5.41, 5.74) is 0. The zero-order valence-corrected chi connectivity index (χ0v) is 12.5. The largest absolute Gasteiger partial charge is 0.464 e. The Morgan fingerprint density at radius 3 is 2.11 bits per heavy atom. The number of carbonyl (C=O) groups is 1. The van der Waals surface area contributed by atoms with Gasteiger partial charge in [-0.1, -0.05) is 13.3 Å². The summed E-state index contributed by atoms with van der Waals surface area (Å²) in [6.45, 7) is 4.21. The Hall–Kier alpha value is -0.710. The molecule has 19 heavy (non-hydrogen) atoms. The number of carbonyl (C=O) groups excluding carboxylic acids is 1. The van der Waals surface area contributed by atoms with E-state index < -0.39 is 36.9 Å². The lowest BCUT2D eigenvalue weighted by Crippen LogP contribution is -2.36. The summed E-state index contributed by atoms with van der Waals surface area (Å²) in [6, 6.07) is 0. The lowest BCUT2D eigenvalue weighted by Gasteiger charge is -2.17. The van der Waals surface area contributed by atoms with Crippen molar-refractivity contribution in [3.05, 3.63) is 0 Å². The lowest BCUT2D eigenvalue weighted by molar-refractivity contribution is -0.150. The number of esters is 1. The highest BCUT2D eigenvalue weighted by Crippen LogP contribution is 2.18. The SMILES string of the molecule is CCCC(S(=O)(=O)O)S(=O)(=O)OC(C)C(=O)OCC. The first-order chi connectivity index (χ1) is 8.56. The van der Waals surface area contributed by atoms with Gasteiger partial charge in [-0.2, -0.15) is 16.8 Å². The molecule has 0 aromatic heterocycles. The van der Waals surface area contributed by atoms with Gasteiger partial charge in [0.1, 0.15) is 0 Å². The van der Waals surface area contributed by atoms with Crippen LogP contribution in [0.1, 0.15) is 33.6 Å². The summed E-state index contributed by atoms with van der Waals surface area (Å²) >= 11 is 0. The normalized spacial score (nSPS) is 15.8. The van der Waals surface area contributed by atoms with Crippen LogP contribution in [-0.2, 0) is 34.0 Å². The third-order valence-corrected chi connectivity index (χ3v) is 5.85.